The van der Waals surface area contributed by atoms with E-state index >= 15 is 0 Å². The van der Waals surface area contributed by atoms with E-state index < -0.39 is 0 Å². The van der Waals surface area contributed by atoms with Crippen LogP contribution in [0.15, 0.2) is 66.9 Å². The van der Waals surface area contributed by atoms with Gasteiger partial charge in [-0.1, -0.05) is 24.3 Å². The molecule has 132 valence electrons. The number of hydrogen-bond acceptors (Lipinski definition) is 4. The molecule has 3 aromatic rings. The molecule has 0 aliphatic rings. The van der Waals surface area contributed by atoms with Gasteiger partial charge < -0.3 is 15.4 Å². The Kier molecular flexibility index (Phi) is 5.43. The number of pyridine rings is 1. The lowest BCUT2D eigenvalue weighted by atomic mass is 10.1. The van der Waals surface area contributed by atoms with Crippen LogP contribution in [0.2, 0.25) is 0 Å². The van der Waals surface area contributed by atoms with E-state index in [4.69, 9.17) is 4.74 Å². The van der Waals surface area contributed by atoms with E-state index in [1.54, 1.807) is 31.5 Å². The molecule has 5 nitrogen and oxygen atoms in total. The first-order valence-electron chi connectivity index (χ1n) is 8.04. The molecule has 26 heavy (non-hydrogen) atoms. The van der Waals surface area contributed by atoms with Gasteiger partial charge in [-0.3, -0.25) is 4.79 Å². The minimum Gasteiger partial charge on any atom is -0.495 e. The van der Waals surface area contributed by atoms with Gasteiger partial charge in [-0.15, -0.1) is 0 Å². The van der Waals surface area contributed by atoms with E-state index in [1.807, 2.05) is 30.3 Å². The highest BCUT2D eigenvalue weighted by atomic mass is 19.1. The van der Waals surface area contributed by atoms with Crippen LogP contribution in [0.3, 0.4) is 0 Å². The predicted molar refractivity (Wildman–Crippen MR) is 99.2 cm³/mol. The number of hydrogen-bond donors (Lipinski definition) is 2. The number of nitrogens with one attached hydrogen (secondary N) is 2. The van der Waals surface area contributed by atoms with Crippen LogP contribution in [-0.4, -0.2) is 18.0 Å². The van der Waals surface area contributed by atoms with Crippen molar-refractivity contribution >= 4 is 23.1 Å². The molecular formula is C20H18FN3O2. The number of rotatable bonds is 6. The highest BCUT2D eigenvalue weighted by molar-refractivity contribution is 5.91. The number of ether oxygens (including phenoxy) is 1. The van der Waals surface area contributed by atoms with Gasteiger partial charge in [-0.2, -0.15) is 0 Å². The van der Waals surface area contributed by atoms with Gasteiger partial charge in [0.15, 0.2) is 0 Å². The van der Waals surface area contributed by atoms with E-state index in [-0.39, 0.29) is 18.1 Å². The minimum atomic E-state index is -0.325. The van der Waals surface area contributed by atoms with Crippen molar-refractivity contribution < 1.29 is 13.9 Å². The molecule has 1 heterocycles. The van der Waals surface area contributed by atoms with Crippen molar-refractivity contribution in [3.05, 3.63) is 78.2 Å². The number of para-hydroxylation sites is 2. The van der Waals surface area contributed by atoms with Crippen molar-refractivity contribution in [1.82, 2.24) is 4.98 Å². The quantitative estimate of drug-likeness (QED) is 0.700. The number of benzene rings is 2. The first-order chi connectivity index (χ1) is 12.6. The zero-order valence-corrected chi connectivity index (χ0v) is 14.2. The zero-order chi connectivity index (χ0) is 18.4. The van der Waals surface area contributed by atoms with Gasteiger partial charge in [-0.25, -0.2) is 9.37 Å². The zero-order valence-electron chi connectivity index (χ0n) is 14.2. The van der Waals surface area contributed by atoms with Crippen LogP contribution < -0.4 is 15.4 Å². The summed E-state index contributed by atoms with van der Waals surface area (Å²) in [6.45, 7) is 0. The fraction of sp³-hybridized carbons (Fsp3) is 0.100. The summed E-state index contributed by atoms with van der Waals surface area (Å²) in [6, 6.07) is 16.9. The average Bonchev–Trinajstić information content (AvgIpc) is 2.65. The minimum absolute atomic E-state index is 0.156. The Labute approximate surface area is 150 Å². The molecule has 0 saturated carbocycles. The summed E-state index contributed by atoms with van der Waals surface area (Å²) in [5, 5.41) is 5.94. The smallest absolute Gasteiger partial charge is 0.229 e. The summed E-state index contributed by atoms with van der Waals surface area (Å²) in [4.78, 5) is 16.3. The summed E-state index contributed by atoms with van der Waals surface area (Å²) < 4.78 is 18.2. The molecule has 0 aliphatic heterocycles. The number of anilines is 3. The first kappa shape index (κ1) is 17.4. The molecule has 0 fully saturated rings. The molecule has 2 N–H and O–H groups in total. The van der Waals surface area contributed by atoms with Crippen LogP contribution >= 0.6 is 0 Å². The van der Waals surface area contributed by atoms with Crippen LogP contribution in [0.4, 0.5) is 21.6 Å². The number of nitrogens with zero attached hydrogens (tertiary/aromatic N) is 1. The largest absolute Gasteiger partial charge is 0.495 e. The maximum atomic E-state index is 12.9. The number of methoxy groups -OCH3 is 1. The van der Waals surface area contributed by atoms with E-state index in [0.717, 1.165) is 22.7 Å². The van der Waals surface area contributed by atoms with Crippen molar-refractivity contribution in [1.29, 1.82) is 0 Å². The van der Waals surface area contributed by atoms with Gasteiger partial charge in [0.25, 0.3) is 0 Å². The SMILES string of the molecule is COc1ccccc1Nc1ccc(NC(=O)Cc2ccc(F)cc2)nc1. The summed E-state index contributed by atoms with van der Waals surface area (Å²) >= 11 is 0. The Morgan fingerprint density at radius 3 is 2.54 bits per heavy atom. The van der Waals surface area contributed by atoms with Crippen molar-refractivity contribution in [2.45, 2.75) is 6.42 Å². The van der Waals surface area contributed by atoms with Gasteiger partial charge in [0.1, 0.15) is 17.4 Å². The third kappa shape index (κ3) is 4.57. The van der Waals surface area contributed by atoms with E-state index in [1.165, 1.54) is 12.1 Å². The molecule has 1 amide bonds. The Balaban J connectivity index is 1.60. The van der Waals surface area contributed by atoms with Gasteiger partial charge in [0.05, 0.1) is 31.1 Å². The lowest BCUT2D eigenvalue weighted by molar-refractivity contribution is -0.115. The summed E-state index contributed by atoms with van der Waals surface area (Å²) in [7, 11) is 1.61. The molecule has 0 spiro atoms. The topological polar surface area (TPSA) is 63.2 Å². The highest BCUT2D eigenvalue weighted by Crippen LogP contribution is 2.26. The third-order valence-electron chi connectivity index (χ3n) is 3.69. The van der Waals surface area contributed by atoms with Crippen LogP contribution in [-0.2, 0) is 11.2 Å². The molecule has 0 atom stereocenters. The molecular weight excluding hydrogens is 333 g/mol. The molecule has 0 saturated heterocycles. The second-order valence-corrected chi connectivity index (χ2v) is 5.61. The fourth-order valence-corrected chi connectivity index (χ4v) is 2.42. The van der Waals surface area contributed by atoms with Crippen molar-refractivity contribution in [2.75, 3.05) is 17.7 Å². The van der Waals surface area contributed by atoms with Crippen LogP contribution in [0.1, 0.15) is 5.56 Å². The van der Waals surface area contributed by atoms with Crippen LogP contribution in [0, 0.1) is 5.82 Å². The molecule has 0 aliphatic carbocycles. The second kappa shape index (κ2) is 8.11. The van der Waals surface area contributed by atoms with Crippen molar-refractivity contribution in [3.8, 4) is 5.75 Å². The molecule has 6 heteroatoms. The fourth-order valence-electron chi connectivity index (χ4n) is 2.42. The van der Waals surface area contributed by atoms with E-state index in [2.05, 4.69) is 15.6 Å². The van der Waals surface area contributed by atoms with E-state index in [9.17, 15) is 9.18 Å². The Hall–Kier alpha value is -3.41. The number of halogens is 1. The van der Waals surface area contributed by atoms with Crippen LogP contribution in [0.25, 0.3) is 0 Å². The standard InChI is InChI=1S/C20H18FN3O2/c1-26-18-5-3-2-4-17(18)23-16-10-11-19(22-13-16)24-20(25)12-14-6-8-15(21)9-7-14/h2-11,13,23H,12H2,1H3,(H,22,24,25). The summed E-state index contributed by atoms with van der Waals surface area (Å²) in [5.41, 5.74) is 2.33. The third-order valence-corrected chi connectivity index (χ3v) is 3.69. The second-order valence-electron chi connectivity index (χ2n) is 5.61. The molecule has 1 aromatic heterocycles. The number of aromatic nitrogens is 1. The van der Waals surface area contributed by atoms with Gasteiger partial charge in [-0.05, 0) is 42.0 Å². The first-order valence-corrected chi connectivity index (χ1v) is 8.04. The number of carbonyl (C=O) groups is 1. The number of carbonyl (C=O) groups excluding carboxylic acids is 1. The van der Waals surface area contributed by atoms with Gasteiger partial charge in [0, 0.05) is 0 Å². The molecule has 3 rings (SSSR count). The Morgan fingerprint density at radius 2 is 1.85 bits per heavy atom. The lowest BCUT2D eigenvalue weighted by Crippen LogP contribution is -2.15. The Morgan fingerprint density at radius 1 is 1.08 bits per heavy atom. The summed E-state index contributed by atoms with van der Waals surface area (Å²) in [5.74, 6) is 0.635. The molecule has 0 radical (unpaired) electrons. The molecule has 0 unspecified atom stereocenters. The lowest BCUT2D eigenvalue weighted by Gasteiger charge is -2.11. The molecule has 2 aromatic carbocycles. The number of amides is 1. The predicted octanol–water partition coefficient (Wildman–Crippen LogP) is 4.15. The van der Waals surface area contributed by atoms with Crippen molar-refractivity contribution in [2.24, 2.45) is 0 Å². The Bertz CT molecular complexity index is 880. The summed E-state index contributed by atoms with van der Waals surface area (Å²) in [6.07, 6.45) is 1.78. The van der Waals surface area contributed by atoms with Gasteiger partial charge >= 0.3 is 0 Å². The maximum Gasteiger partial charge on any atom is 0.229 e. The van der Waals surface area contributed by atoms with Crippen molar-refractivity contribution in [3.63, 3.8) is 0 Å². The normalized spacial score (nSPS) is 10.2. The highest BCUT2D eigenvalue weighted by Gasteiger charge is 2.06. The van der Waals surface area contributed by atoms with E-state index in [0.29, 0.717) is 5.82 Å². The monoisotopic (exact) mass is 351 g/mol. The van der Waals surface area contributed by atoms with Gasteiger partial charge in [0.2, 0.25) is 5.91 Å². The van der Waals surface area contributed by atoms with Crippen LogP contribution in [0.5, 0.6) is 5.75 Å². The molecule has 0 bridgehead atoms. The average molecular weight is 351 g/mol. The maximum absolute atomic E-state index is 12.9.